The van der Waals surface area contributed by atoms with Crippen LogP contribution in [0.3, 0.4) is 0 Å². The molecule has 0 aromatic heterocycles. The summed E-state index contributed by atoms with van der Waals surface area (Å²) in [5, 5.41) is 0. The zero-order valence-electron chi connectivity index (χ0n) is 12.1. The molecular formula is C14H29F3N2. The Kier molecular flexibility index (Phi) is 11.4. The Morgan fingerprint density at radius 1 is 0.842 bits per heavy atom. The highest BCUT2D eigenvalue weighted by atomic mass is 19.4. The predicted octanol–water partition coefficient (Wildman–Crippen LogP) is 3.95. The molecule has 0 spiro atoms. The van der Waals surface area contributed by atoms with E-state index < -0.39 is 12.7 Å². The molecule has 0 saturated carbocycles. The molecule has 2 nitrogen and oxygen atoms in total. The lowest BCUT2D eigenvalue weighted by Gasteiger charge is -2.22. The number of hydrogen-bond donors (Lipinski definition) is 1. The number of alkyl halides is 3. The van der Waals surface area contributed by atoms with E-state index in [2.05, 4.69) is 6.92 Å². The molecule has 0 radical (unpaired) electrons. The first-order valence-corrected chi connectivity index (χ1v) is 7.48. The van der Waals surface area contributed by atoms with Crippen LogP contribution in [0.2, 0.25) is 0 Å². The Morgan fingerprint density at radius 3 is 1.84 bits per heavy atom. The van der Waals surface area contributed by atoms with Crippen molar-refractivity contribution in [3.05, 3.63) is 0 Å². The molecule has 5 heteroatoms. The van der Waals surface area contributed by atoms with E-state index in [1.165, 1.54) is 37.0 Å². The Hall–Kier alpha value is -0.290. The van der Waals surface area contributed by atoms with Crippen LogP contribution in [0.5, 0.6) is 0 Å². The van der Waals surface area contributed by atoms with Crippen LogP contribution in [0.1, 0.15) is 58.3 Å². The van der Waals surface area contributed by atoms with Crippen LogP contribution >= 0.6 is 0 Å². The highest BCUT2D eigenvalue weighted by molar-refractivity contribution is 4.64. The maximum absolute atomic E-state index is 12.3. The van der Waals surface area contributed by atoms with Crippen molar-refractivity contribution >= 4 is 0 Å². The van der Waals surface area contributed by atoms with Crippen molar-refractivity contribution in [1.82, 2.24) is 4.90 Å². The molecule has 0 aromatic rings. The Morgan fingerprint density at radius 2 is 1.37 bits per heavy atom. The molecule has 0 amide bonds. The molecule has 0 unspecified atom stereocenters. The normalized spacial score (nSPS) is 12.3. The molecule has 0 aliphatic rings. The Labute approximate surface area is 115 Å². The fourth-order valence-corrected chi connectivity index (χ4v) is 2.18. The molecule has 116 valence electrons. The van der Waals surface area contributed by atoms with Crippen molar-refractivity contribution in [2.24, 2.45) is 5.73 Å². The maximum Gasteiger partial charge on any atom is 0.401 e. The van der Waals surface area contributed by atoms with Crippen molar-refractivity contribution < 1.29 is 13.2 Å². The first-order valence-electron chi connectivity index (χ1n) is 7.48. The van der Waals surface area contributed by atoms with Gasteiger partial charge in [0.15, 0.2) is 0 Å². The first-order chi connectivity index (χ1) is 8.99. The van der Waals surface area contributed by atoms with Crippen LogP contribution < -0.4 is 5.73 Å². The van der Waals surface area contributed by atoms with Crippen LogP contribution in [-0.2, 0) is 0 Å². The van der Waals surface area contributed by atoms with Gasteiger partial charge in [-0.2, -0.15) is 13.2 Å². The van der Waals surface area contributed by atoms with Gasteiger partial charge in [-0.15, -0.1) is 0 Å². The van der Waals surface area contributed by atoms with Gasteiger partial charge in [0.1, 0.15) is 0 Å². The van der Waals surface area contributed by atoms with E-state index in [0.717, 1.165) is 19.3 Å². The van der Waals surface area contributed by atoms with Gasteiger partial charge in [-0.05, 0) is 13.0 Å². The second kappa shape index (κ2) is 11.5. The van der Waals surface area contributed by atoms with E-state index in [1.807, 2.05) is 0 Å². The summed E-state index contributed by atoms with van der Waals surface area (Å²) in [6.45, 7) is 2.47. The van der Waals surface area contributed by atoms with E-state index in [9.17, 15) is 13.2 Å². The molecule has 0 heterocycles. The number of rotatable bonds is 12. The van der Waals surface area contributed by atoms with Gasteiger partial charge in [-0.3, -0.25) is 4.90 Å². The molecule has 0 atom stereocenters. The van der Waals surface area contributed by atoms with Crippen molar-refractivity contribution in [1.29, 1.82) is 0 Å². The molecule has 0 bridgehead atoms. The lowest BCUT2D eigenvalue weighted by atomic mass is 10.1. The summed E-state index contributed by atoms with van der Waals surface area (Å²) >= 11 is 0. The topological polar surface area (TPSA) is 29.3 Å². The second-order valence-corrected chi connectivity index (χ2v) is 5.15. The zero-order valence-corrected chi connectivity index (χ0v) is 12.1. The number of unbranched alkanes of at least 4 members (excludes halogenated alkanes) is 7. The van der Waals surface area contributed by atoms with Crippen molar-refractivity contribution in [2.45, 2.75) is 64.5 Å². The van der Waals surface area contributed by atoms with Crippen LogP contribution in [0.15, 0.2) is 0 Å². The summed E-state index contributed by atoms with van der Waals surface area (Å²) in [4.78, 5) is 1.41. The van der Waals surface area contributed by atoms with Crippen LogP contribution in [-0.4, -0.2) is 37.3 Å². The Bertz CT molecular complexity index is 196. The quantitative estimate of drug-likeness (QED) is 0.549. The molecule has 2 N–H and O–H groups in total. The van der Waals surface area contributed by atoms with Crippen molar-refractivity contribution in [3.63, 3.8) is 0 Å². The van der Waals surface area contributed by atoms with Crippen LogP contribution in [0, 0.1) is 0 Å². The van der Waals surface area contributed by atoms with Gasteiger partial charge in [0.2, 0.25) is 0 Å². The van der Waals surface area contributed by atoms with Gasteiger partial charge in [0.25, 0.3) is 0 Å². The summed E-state index contributed by atoms with van der Waals surface area (Å²) < 4.78 is 36.9. The lowest BCUT2D eigenvalue weighted by Crippen LogP contribution is -2.38. The second-order valence-electron chi connectivity index (χ2n) is 5.15. The van der Waals surface area contributed by atoms with Gasteiger partial charge in [0, 0.05) is 13.1 Å². The van der Waals surface area contributed by atoms with Gasteiger partial charge in [-0.25, -0.2) is 0 Å². The van der Waals surface area contributed by atoms with E-state index in [-0.39, 0.29) is 6.54 Å². The molecule has 0 fully saturated rings. The Balaban J connectivity index is 3.53. The molecule has 0 aliphatic carbocycles. The van der Waals surface area contributed by atoms with Crippen molar-refractivity contribution in [3.8, 4) is 0 Å². The fourth-order valence-electron chi connectivity index (χ4n) is 2.18. The minimum absolute atomic E-state index is 0.285. The molecule has 0 aromatic carbocycles. The van der Waals surface area contributed by atoms with E-state index in [4.69, 9.17) is 5.73 Å². The highest BCUT2D eigenvalue weighted by Crippen LogP contribution is 2.17. The molecule has 0 aliphatic heterocycles. The van der Waals surface area contributed by atoms with E-state index in [1.54, 1.807) is 0 Å². The van der Waals surface area contributed by atoms with Crippen LogP contribution in [0.4, 0.5) is 13.2 Å². The summed E-state index contributed by atoms with van der Waals surface area (Å²) in [6, 6.07) is 0. The average Bonchev–Trinajstić information content (AvgIpc) is 2.31. The maximum atomic E-state index is 12.3. The smallest absolute Gasteiger partial charge is 0.329 e. The summed E-state index contributed by atoms with van der Waals surface area (Å²) in [7, 11) is 0. The first kappa shape index (κ1) is 18.7. The third kappa shape index (κ3) is 13.9. The predicted molar refractivity (Wildman–Crippen MR) is 74.2 cm³/mol. The average molecular weight is 282 g/mol. The van der Waals surface area contributed by atoms with Gasteiger partial charge in [-0.1, -0.05) is 51.9 Å². The van der Waals surface area contributed by atoms with E-state index in [0.29, 0.717) is 13.1 Å². The number of nitrogens with two attached hydrogens (primary N) is 1. The lowest BCUT2D eigenvalue weighted by molar-refractivity contribution is -0.145. The molecule has 0 saturated heterocycles. The summed E-state index contributed by atoms with van der Waals surface area (Å²) in [5.74, 6) is 0. The fraction of sp³-hybridized carbons (Fsp3) is 1.00. The minimum atomic E-state index is -4.12. The van der Waals surface area contributed by atoms with Gasteiger partial charge in [0.05, 0.1) is 6.54 Å². The third-order valence-electron chi connectivity index (χ3n) is 3.18. The van der Waals surface area contributed by atoms with Crippen LogP contribution in [0.25, 0.3) is 0 Å². The summed E-state index contributed by atoms with van der Waals surface area (Å²) in [6.07, 6.45) is 5.14. The monoisotopic (exact) mass is 282 g/mol. The zero-order chi connectivity index (χ0) is 14.6. The number of hydrogen-bond acceptors (Lipinski definition) is 2. The standard InChI is InChI=1S/C14H29F3N2/c1-2-3-4-5-6-7-8-9-11-19(12-10-18)13-14(15,16)17/h2-13,18H2,1H3. The largest absolute Gasteiger partial charge is 0.401 e. The molecule has 19 heavy (non-hydrogen) atoms. The third-order valence-corrected chi connectivity index (χ3v) is 3.18. The number of nitrogens with zero attached hydrogens (tertiary/aromatic N) is 1. The SMILES string of the molecule is CCCCCCCCCCN(CCN)CC(F)(F)F. The molecule has 0 rings (SSSR count). The number of halogens is 3. The van der Waals surface area contributed by atoms with Crippen molar-refractivity contribution in [2.75, 3.05) is 26.2 Å². The van der Waals surface area contributed by atoms with Gasteiger partial charge >= 0.3 is 6.18 Å². The molecular weight excluding hydrogens is 253 g/mol. The minimum Gasteiger partial charge on any atom is -0.329 e. The van der Waals surface area contributed by atoms with E-state index >= 15 is 0 Å². The summed E-state index contributed by atoms with van der Waals surface area (Å²) in [5.41, 5.74) is 5.34. The van der Waals surface area contributed by atoms with Gasteiger partial charge < -0.3 is 5.73 Å². The highest BCUT2D eigenvalue weighted by Gasteiger charge is 2.29.